The molecular weight excluding hydrogens is 300 g/mol. The van der Waals surface area contributed by atoms with Crippen LogP contribution >= 0.6 is 0 Å². The first-order chi connectivity index (χ1) is 11.0. The highest BCUT2D eigenvalue weighted by Crippen LogP contribution is 2.45. The van der Waals surface area contributed by atoms with Crippen molar-refractivity contribution in [3.8, 4) is 17.2 Å². The average Bonchev–Trinajstić information content (AvgIpc) is 2.60. The van der Waals surface area contributed by atoms with E-state index in [-0.39, 0.29) is 22.6 Å². The molecule has 1 heterocycles. The molecule has 0 amide bonds. The van der Waals surface area contributed by atoms with Crippen molar-refractivity contribution in [3.63, 3.8) is 0 Å². The summed E-state index contributed by atoms with van der Waals surface area (Å²) in [4.78, 5) is 12.5. The molecule has 2 atom stereocenters. The summed E-state index contributed by atoms with van der Waals surface area (Å²) in [6.07, 6.45) is -1.77. The van der Waals surface area contributed by atoms with Crippen LogP contribution in [-0.4, -0.2) is 36.3 Å². The fraction of sp³-hybridized carbons (Fsp3) is 0.235. The van der Waals surface area contributed by atoms with Gasteiger partial charge in [0, 0.05) is 11.6 Å². The minimum atomic E-state index is -2.19. The zero-order valence-electron chi connectivity index (χ0n) is 12.6. The number of hydrogen-bond donors (Lipinski definition) is 2. The van der Waals surface area contributed by atoms with Crippen molar-refractivity contribution < 1.29 is 29.2 Å². The second-order valence-corrected chi connectivity index (χ2v) is 5.14. The average molecular weight is 316 g/mol. The van der Waals surface area contributed by atoms with E-state index in [2.05, 4.69) is 0 Å². The number of ketones is 1. The van der Waals surface area contributed by atoms with Crippen LogP contribution in [0.4, 0.5) is 0 Å². The van der Waals surface area contributed by atoms with Gasteiger partial charge < -0.3 is 24.4 Å². The molecule has 6 nitrogen and oxygen atoms in total. The van der Waals surface area contributed by atoms with Gasteiger partial charge in [-0.05, 0) is 6.07 Å². The van der Waals surface area contributed by atoms with E-state index in [1.165, 1.54) is 26.4 Å². The van der Waals surface area contributed by atoms with Gasteiger partial charge in [0.2, 0.25) is 5.78 Å². The lowest BCUT2D eigenvalue weighted by Gasteiger charge is -2.37. The number of ether oxygens (including phenoxy) is 3. The molecule has 0 saturated carbocycles. The Morgan fingerprint density at radius 2 is 1.83 bits per heavy atom. The van der Waals surface area contributed by atoms with Crippen LogP contribution in [0.5, 0.6) is 17.2 Å². The molecule has 1 aliphatic heterocycles. The summed E-state index contributed by atoms with van der Waals surface area (Å²) in [5, 5.41) is 21.1. The van der Waals surface area contributed by atoms with Crippen molar-refractivity contribution in [1.82, 2.24) is 0 Å². The van der Waals surface area contributed by atoms with E-state index in [0.29, 0.717) is 5.75 Å². The largest absolute Gasteiger partial charge is 0.497 e. The zero-order valence-corrected chi connectivity index (χ0v) is 12.6. The Bertz CT molecular complexity index is 742. The summed E-state index contributed by atoms with van der Waals surface area (Å²) >= 11 is 0. The SMILES string of the molecule is COc1cc(OC)c2c(c1)C(=O)C(O)C(O)(c1ccccc1)O2. The maximum Gasteiger partial charge on any atom is 0.268 e. The molecule has 3 rings (SSSR count). The summed E-state index contributed by atoms with van der Waals surface area (Å²) in [5.41, 5.74) is 0.360. The van der Waals surface area contributed by atoms with E-state index in [0.717, 1.165) is 0 Å². The monoisotopic (exact) mass is 316 g/mol. The van der Waals surface area contributed by atoms with E-state index in [4.69, 9.17) is 14.2 Å². The van der Waals surface area contributed by atoms with Crippen LogP contribution in [-0.2, 0) is 5.79 Å². The van der Waals surface area contributed by atoms with Crippen molar-refractivity contribution in [1.29, 1.82) is 0 Å². The number of carbonyl (C=O) groups excluding carboxylic acids is 1. The molecule has 2 aromatic rings. The number of hydrogen-bond acceptors (Lipinski definition) is 6. The molecule has 0 radical (unpaired) electrons. The molecule has 23 heavy (non-hydrogen) atoms. The Hall–Kier alpha value is -2.57. The Balaban J connectivity index is 2.18. The molecule has 120 valence electrons. The summed E-state index contributed by atoms with van der Waals surface area (Å²) in [6.45, 7) is 0. The molecule has 0 aromatic heterocycles. The van der Waals surface area contributed by atoms with E-state index in [9.17, 15) is 15.0 Å². The number of methoxy groups -OCH3 is 2. The third-order valence-corrected chi connectivity index (χ3v) is 3.81. The number of aliphatic hydroxyl groups excluding tert-OH is 1. The smallest absolute Gasteiger partial charge is 0.268 e. The van der Waals surface area contributed by atoms with Gasteiger partial charge in [-0.2, -0.15) is 0 Å². The molecule has 2 aromatic carbocycles. The van der Waals surface area contributed by atoms with Gasteiger partial charge in [-0.1, -0.05) is 30.3 Å². The number of benzene rings is 2. The van der Waals surface area contributed by atoms with Crippen LogP contribution < -0.4 is 14.2 Å². The second-order valence-electron chi connectivity index (χ2n) is 5.14. The van der Waals surface area contributed by atoms with Crippen molar-refractivity contribution >= 4 is 5.78 Å². The van der Waals surface area contributed by atoms with E-state index < -0.39 is 17.7 Å². The molecule has 0 fully saturated rings. The number of carbonyl (C=O) groups is 1. The lowest BCUT2D eigenvalue weighted by Crippen LogP contribution is -2.52. The first-order valence-electron chi connectivity index (χ1n) is 6.96. The molecule has 6 heteroatoms. The molecule has 0 aliphatic carbocycles. The van der Waals surface area contributed by atoms with Crippen molar-refractivity contribution in [2.24, 2.45) is 0 Å². The highest BCUT2D eigenvalue weighted by molar-refractivity contribution is 6.04. The van der Waals surface area contributed by atoms with Crippen LogP contribution in [0.3, 0.4) is 0 Å². The highest BCUT2D eigenvalue weighted by atomic mass is 16.6. The second kappa shape index (κ2) is 5.57. The Labute approximate surface area is 132 Å². The molecule has 2 unspecified atom stereocenters. The first kappa shape index (κ1) is 15.3. The third-order valence-electron chi connectivity index (χ3n) is 3.81. The fourth-order valence-electron chi connectivity index (χ4n) is 2.56. The zero-order chi connectivity index (χ0) is 16.6. The molecule has 1 aliphatic rings. The van der Waals surface area contributed by atoms with Gasteiger partial charge in [-0.3, -0.25) is 4.79 Å². The molecule has 0 bridgehead atoms. The molecule has 0 saturated heterocycles. The minimum Gasteiger partial charge on any atom is -0.497 e. The van der Waals surface area contributed by atoms with E-state index >= 15 is 0 Å². The minimum absolute atomic E-state index is 0.0648. The van der Waals surface area contributed by atoms with Crippen molar-refractivity contribution in [3.05, 3.63) is 53.6 Å². The summed E-state index contributed by atoms with van der Waals surface area (Å²) < 4.78 is 15.9. The van der Waals surface area contributed by atoms with Crippen molar-refractivity contribution in [2.45, 2.75) is 11.9 Å². The van der Waals surface area contributed by atoms with Gasteiger partial charge in [-0.15, -0.1) is 0 Å². The van der Waals surface area contributed by atoms with Gasteiger partial charge in [0.25, 0.3) is 5.79 Å². The van der Waals surface area contributed by atoms with Gasteiger partial charge in [0.15, 0.2) is 17.6 Å². The molecule has 2 N–H and O–H groups in total. The van der Waals surface area contributed by atoms with Crippen LogP contribution in [0, 0.1) is 0 Å². The maximum atomic E-state index is 12.5. The lowest BCUT2D eigenvalue weighted by molar-refractivity contribution is -0.204. The number of fused-ring (bicyclic) bond motifs is 1. The predicted octanol–water partition coefficient (Wildman–Crippen LogP) is 1.49. The van der Waals surface area contributed by atoms with E-state index in [1.54, 1.807) is 30.3 Å². The van der Waals surface area contributed by atoms with Gasteiger partial charge in [0.1, 0.15) is 5.75 Å². The molecule has 0 spiro atoms. The van der Waals surface area contributed by atoms with Crippen LogP contribution in [0.15, 0.2) is 42.5 Å². The maximum absolute atomic E-state index is 12.5. The normalized spacial score (nSPS) is 23.0. The summed E-state index contributed by atoms with van der Waals surface area (Å²) in [5.74, 6) is -2.18. The lowest BCUT2D eigenvalue weighted by atomic mass is 9.90. The Morgan fingerprint density at radius 1 is 1.13 bits per heavy atom. The summed E-state index contributed by atoms with van der Waals surface area (Å²) in [7, 11) is 2.86. The number of aliphatic hydroxyl groups is 2. The number of Topliss-reactive ketones (excluding diaryl/α,β-unsaturated/α-hetero) is 1. The fourth-order valence-corrected chi connectivity index (χ4v) is 2.56. The summed E-state index contributed by atoms with van der Waals surface area (Å²) in [6, 6.07) is 11.2. The Morgan fingerprint density at radius 3 is 2.43 bits per heavy atom. The van der Waals surface area contributed by atoms with Crippen molar-refractivity contribution in [2.75, 3.05) is 14.2 Å². The van der Waals surface area contributed by atoms with Gasteiger partial charge in [-0.25, -0.2) is 0 Å². The molecular formula is C17H16O6. The number of rotatable bonds is 3. The standard InChI is InChI=1S/C17H16O6/c1-21-11-8-12-14(18)16(19)17(20,10-6-4-3-5-7-10)23-15(12)13(9-11)22-2/h3-9,16,19-20H,1-2H3. The first-order valence-corrected chi connectivity index (χ1v) is 6.96. The topological polar surface area (TPSA) is 85.2 Å². The van der Waals surface area contributed by atoms with E-state index in [1.807, 2.05) is 0 Å². The predicted molar refractivity (Wildman–Crippen MR) is 80.9 cm³/mol. The van der Waals surface area contributed by atoms with Gasteiger partial charge in [0.05, 0.1) is 19.8 Å². The van der Waals surface area contributed by atoms with Crippen LogP contribution in [0.1, 0.15) is 15.9 Å². The highest BCUT2D eigenvalue weighted by Gasteiger charge is 2.50. The van der Waals surface area contributed by atoms with Gasteiger partial charge >= 0.3 is 0 Å². The van der Waals surface area contributed by atoms with Crippen LogP contribution in [0.25, 0.3) is 0 Å². The third kappa shape index (κ3) is 2.32. The quantitative estimate of drug-likeness (QED) is 0.892. The Kier molecular flexibility index (Phi) is 3.71. The van der Waals surface area contributed by atoms with Crippen LogP contribution in [0.2, 0.25) is 0 Å².